The lowest BCUT2D eigenvalue weighted by Crippen LogP contribution is -2.42. The summed E-state index contributed by atoms with van der Waals surface area (Å²) in [5, 5.41) is 13.2. The normalized spacial score (nSPS) is 12.2. The van der Waals surface area contributed by atoms with Gasteiger partial charge in [0.15, 0.2) is 0 Å². The number of carboxylic acids is 1. The third-order valence-electron chi connectivity index (χ3n) is 5.72. The van der Waals surface area contributed by atoms with Crippen LogP contribution < -0.4 is 10.9 Å². The second-order valence-corrected chi connectivity index (χ2v) is 8.90. The van der Waals surface area contributed by atoms with E-state index in [2.05, 4.69) is 5.32 Å². The first-order valence-corrected chi connectivity index (χ1v) is 11.9. The number of carboxylic acid groups (broad SMARTS) is 1. The Morgan fingerprint density at radius 1 is 1.15 bits per heavy atom. The Bertz CT molecular complexity index is 1440. The van der Waals surface area contributed by atoms with Crippen molar-refractivity contribution >= 4 is 45.6 Å². The molecule has 176 valence electrons. The highest BCUT2D eigenvalue weighted by atomic mass is 32.2. The molecule has 0 spiro atoms. The summed E-state index contributed by atoms with van der Waals surface area (Å²) < 4.78 is 24.4. The standard InChI is InChI=1S/C25H22FNO6S/c1-13-16-9-18-19(14-3-5-15(26)6-4-14)12-32-21(18)11-22(16)33-25(31)17(13)10-23(28)27-20(24(29)30)7-8-34-2/h3-6,9,11-12,20H,7-8,10H2,1-2H3,(H,27,28)(H,29,30). The smallest absolute Gasteiger partial charge is 0.340 e. The molecule has 7 nitrogen and oxygen atoms in total. The highest BCUT2D eigenvalue weighted by Gasteiger charge is 2.22. The van der Waals surface area contributed by atoms with E-state index in [0.29, 0.717) is 27.9 Å². The van der Waals surface area contributed by atoms with Crippen LogP contribution in [0.5, 0.6) is 0 Å². The molecular formula is C25H22FNO6S. The van der Waals surface area contributed by atoms with Crippen LogP contribution >= 0.6 is 11.8 Å². The Morgan fingerprint density at radius 2 is 1.88 bits per heavy atom. The van der Waals surface area contributed by atoms with Gasteiger partial charge in [0, 0.05) is 22.4 Å². The lowest BCUT2D eigenvalue weighted by atomic mass is 9.99. The number of thioether (sulfide) groups is 1. The SMILES string of the molecule is CSCCC(NC(=O)Cc1c(C)c2cc3c(-c4ccc(F)cc4)coc3cc2oc1=O)C(=O)O. The summed E-state index contributed by atoms with van der Waals surface area (Å²) in [6, 6.07) is 8.40. The summed E-state index contributed by atoms with van der Waals surface area (Å²) in [5.41, 5.74) is 2.37. The number of rotatable bonds is 8. The van der Waals surface area contributed by atoms with Crippen molar-refractivity contribution in [2.75, 3.05) is 12.0 Å². The second-order valence-electron chi connectivity index (χ2n) is 7.91. The molecule has 2 heterocycles. The van der Waals surface area contributed by atoms with E-state index in [1.807, 2.05) is 12.3 Å². The summed E-state index contributed by atoms with van der Waals surface area (Å²) in [4.78, 5) is 36.6. The van der Waals surface area contributed by atoms with Gasteiger partial charge in [0.05, 0.1) is 18.2 Å². The molecule has 2 aromatic carbocycles. The van der Waals surface area contributed by atoms with Crippen LogP contribution in [0, 0.1) is 12.7 Å². The lowest BCUT2D eigenvalue weighted by molar-refractivity contribution is -0.141. The van der Waals surface area contributed by atoms with Crippen LogP contribution in [-0.4, -0.2) is 35.0 Å². The van der Waals surface area contributed by atoms with Crippen molar-refractivity contribution in [3.63, 3.8) is 0 Å². The first kappa shape index (κ1) is 23.6. The summed E-state index contributed by atoms with van der Waals surface area (Å²) in [7, 11) is 0. The number of hydrogen-bond donors (Lipinski definition) is 2. The molecule has 0 saturated heterocycles. The predicted molar refractivity (Wildman–Crippen MR) is 129 cm³/mol. The molecule has 0 fully saturated rings. The number of carbonyl (C=O) groups is 2. The van der Waals surface area contributed by atoms with Crippen LogP contribution in [0.1, 0.15) is 17.5 Å². The Hall–Kier alpha value is -3.59. The van der Waals surface area contributed by atoms with E-state index in [-0.39, 0.29) is 24.2 Å². The zero-order valence-corrected chi connectivity index (χ0v) is 19.3. The quantitative estimate of drug-likeness (QED) is 0.355. The van der Waals surface area contributed by atoms with Crippen LogP contribution in [0.4, 0.5) is 4.39 Å². The fourth-order valence-electron chi connectivity index (χ4n) is 3.87. The van der Waals surface area contributed by atoms with Gasteiger partial charge in [-0.1, -0.05) is 12.1 Å². The summed E-state index contributed by atoms with van der Waals surface area (Å²) in [6.07, 6.45) is 3.38. The number of nitrogens with one attached hydrogen (secondary N) is 1. The molecule has 0 bridgehead atoms. The van der Waals surface area contributed by atoms with Crippen LogP contribution in [0.25, 0.3) is 33.1 Å². The maximum absolute atomic E-state index is 13.3. The summed E-state index contributed by atoms with van der Waals surface area (Å²) in [5.74, 6) is -1.47. The number of aryl methyl sites for hydroxylation is 1. The number of aliphatic carboxylic acids is 1. The van der Waals surface area contributed by atoms with Gasteiger partial charge in [-0.25, -0.2) is 14.0 Å². The molecule has 4 aromatic rings. The number of halogens is 1. The number of amides is 1. The van der Waals surface area contributed by atoms with E-state index in [1.165, 1.54) is 23.9 Å². The van der Waals surface area contributed by atoms with Gasteiger partial charge < -0.3 is 19.3 Å². The molecule has 2 aromatic heterocycles. The number of carbonyl (C=O) groups excluding carboxylic acids is 1. The van der Waals surface area contributed by atoms with Crippen LogP contribution in [0.3, 0.4) is 0 Å². The molecule has 1 unspecified atom stereocenters. The van der Waals surface area contributed by atoms with Crippen molar-refractivity contribution in [1.29, 1.82) is 0 Å². The monoisotopic (exact) mass is 483 g/mol. The summed E-state index contributed by atoms with van der Waals surface area (Å²) in [6.45, 7) is 1.72. The van der Waals surface area contributed by atoms with E-state index in [9.17, 15) is 23.9 Å². The fourth-order valence-corrected chi connectivity index (χ4v) is 4.34. The van der Waals surface area contributed by atoms with Gasteiger partial charge in [0.25, 0.3) is 0 Å². The van der Waals surface area contributed by atoms with Gasteiger partial charge in [-0.15, -0.1) is 0 Å². The molecule has 0 aliphatic heterocycles. The molecule has 0 saturated carbocycles. The molecule has 1 amide bonds. The van der Waals surface area contributed by atoms with Crippen molar-refractivity contribution in [1.82, 2.24) is 5.32 Å². The van der Waals surface area contributed by atoms with Crippen molar-refractivity contribution in [3.05, 3.63) is 70.0 Å². The molecule has 0 aliphatic carbocycles. The summed E-state index contributed by atoms with van der Waals surface area (Å²) >= 11 is 1.48. The van der Waals surface area contributed by atoms with Gasteiger partial charge in [-0.2, -0.15) is 11.8 Å². The highest BCUT2D eigenvalue weighted by molar-refractivity contribution is 7.98. The van der Waals surface area contributed by atoms with Crippen LogP contribution in [0.15, 0.2) is 56.3 Å². The Morgan fingerprint density at radius 3 is 2.56 bits per heavy atom. The molecule has 0 aliphatic rings. The largest absolute Gasteiger partial charge is 0.480 e. The van der Waals surface area contributed by atoms with Gasteiger partial charge in [-0.05, 0) is 54.7 Å². The average Bonchev–Trinajstić information content (AvgIpc) is 3.21. The third kappa shape index (κ3) is 4.70. The van der Waals surface area contributed by atoms with Crippen molar-refractivity contribution < 1.29 is 27.9 Å². The van der Waals surface area contributed by atoms with E-state index in [4.69, 9.17) is 8.83 Å². The average molecular weight is 484 g/mol. The van der Waals surface area contributed by atoms with Gasteiger partial charge in [0.2, 0.25) is 5.91 Å². The molecule has 34 heavy (non-hydrogen) atoms. The zero-order chi connectivity index (χ0) is 24.4. The first-order valence-electron chi connectivity index (χ1n) is 10.5. The van der Waals surface area contributed by atoms with Crippen molar-refractivity contribution in [2.24, 2.45) is 0 Å². The minimum absolute atomic E-state index is 0.158. The lowest BCUT2D eigenvalue weighted by Gasteiger charge is -2.14. The van der Waals surface area contributed by atoms with E-state index in [1.54, 1.807) is 31.4 Å². The topological polar surface area (TPSA) is 110 Å². The Kier molecular flexibility index (Phi) is 6.74. The molecule has 2 N–H and O–H groups in total. The van der Waals surface area contributed by atoms with Crippen molar-refractivity contribution in [2.45, 2.75) is 25.8 Å². The first-order chi connectivity index (χ1) is 16.3. The molecule has 1 atom stereocenters. The zero-order valence-electron chi connectivity index (χ0n) is 18.5. The fraction of sp³-hybridized carbons (Fsp3) is 0.240. The van der Waals surface area contributed by atoms with Gasteiger partial charge in [0.1, 0.15) is 23.0 Å². The number of furan rings is 1. The predicted octanol–water partition coefficient (Wildman–Crippen LogP) is 4.52. The molecule has 4 rings (SSSR count). The Balaban J connectivity index is 1.71. The number of fused-ring (bicyclic) bond motifs is 2. The maximum atomic E-state index is 13.3. The van der Waals surface area contributed by atoms with E-state index < -0.39 is 23.5 Å². The van der Waals surface area contributed by atoms with Gasteiger partial charge >= 0.3 is 11.6 Å². The molecular weight excluding hydrogens is 461 g/mol. The minimum atomic E-state index is -1.12. The van der Waals surface area contributed by atoms with E-state index in [0.717, 1.165) is 16.5 Å². The number of benzene rings is 2. The van der Waals surface area contributed by atoms with Crippen molar-refractivity contribution in [3.8, 4) is 11.1 Å². The van der Waals surface area contributed by atoms with Crippen LogP contribution in [-0.2, 0) is 16.0 Å². The molecule has 9 heteroatoms. The third-order valence-corrected chi connectivity index (χ3v) is 6.36. The Labute approximate surface area is 197 Å². The number of hydrogen-bond acceptors (Lipinski definition) is 6. The highest BCUT2D eigenvalue weighted by Crippen LogP contribution is 2.34. The van der Waals surface area contributed by atoms with Crippen LogP contribution in [0.2, 0.25) is 0 Å². The van der Waals surface area contributed by atoms with E-state index >= 15 is 0 Å². The minimum Gasteiger partial charge on any atom is -0.480 e. The van der Waals surface area contributed by atoms with Gasteiger partial charge in [-0.3, -0.25) is 4.79 Å². The second kappa shape index (κ2) is 9.72. The maximum Gasteiger partial charge on any atom is 0.340 e. The molecule has 0 radical (unpaired) electrons.